The number of aromatic nitrogens is 2. The molecule has 1 aromatic carbocycles. The molecule has 0 spiro atoms. The molecule has 22 heavy (non-hydrogen) atoms. The minimum absolute atomic E-state index is 0.153. The second-order valence-corrected chi connectivity index (χ2v) is 5.43. The quantitative estimate of drug-likeness (QED) is 0.801. The average molecular weight is 310 g/mol. The summed E-state index contributed by atoms with van der Waals surface area (Å²) in [6.07, 6.45) is 1.35. The Labute approximate surface area is 129 Å². The predicted molar refractivity (Wildman–Crippen MR) is 83.7 cm³/mol. The Morgan fingerprint density at radius 2 is 2.18 bits per heavy atom. The van der Waals surface area contributed by atoms with E-state index in [4.69, 9.17) is 5.26 Å². The number of para-hydroxylation sites is 1. The highest BCUT2D eigenvalue weighted by Crippen LogP contribution is 2.21. The number of carbonyl (C=O) groups excluding carboxylic acids is 1. The monoisotopic (exact) mass is 310 g/mol. The number of nitrogens with zero attached hydrogens (tertiary/aromatic N) is 3. The maximum absolute atomic E-state index is 12.3. The largest absolute Gasteiger partial charge is 0.315 e. The van der Waals surface area contributed by atoms with Crippen molar-refractivity contribution < 1.29 is 4.79 Å². The summed E-state index contributed by atoms with van der Waals surface area (Å²) < 4.78 is 1.25. The second-order valence-electron chi connectivity index (χ2n) is 4.52. The number of thiophene rings is 1. The van der Waals surface area contributed by atoms with E-state index in [2.05, 4.69) is 10.3 Å². The van der Waals surface area contributed by atoms with E-state index in [0.29, 0.717) is 21.5 Å². The molecule has 0 aliphatic carbocycles. The van der Waals surface area contributed by atoms with Gasteiger partial charge in [-0.05, 0) is 23.6 Å². The van der Waals surface area contributed by atoms with Crippen LogP contribution in [0.5, 0.6) is 0 Å². The van der Waals surface area contributed by atoms with Crippen LogP contribution < -0.4 is 10.9 Å². The first-order chi connectivity index (χ1) is 10.7. The van der Waals surface area contributed by atoms with Crippen LogP contribution in [0.3, 0.4) is 0 Å². The molecule has 1 amide bonds. The van der Waals surface area contributed by atoms with Crippen LogP contribution in [0.25, 0.3) is 10.9 Å². The predicted octanol–water partition coefficient (Wildman–Crippen LogP) is 1.97. The Balaban J connectivity index is 1.84. The Morgan fingerprint density at radius 1 is 1.36 bits per heavy atom. The molecule has 0 aliphatic rings. The van der Waals surface area contributed by atoms with Gasteiger partial charge in [-0.25, -0.2) is 4.98 Å². The summed E-state index contributed by atoms with van der Waals surface area (Å²) in [5, 5.41) is 14.2. The van der Waals surface area contributed by atoms with E-state index in [0.717, 1.165) is 0 Å². The van der Waals surface area contributed by atoms with Crippen molar-refractivity contribution >= 4 is 33.1 Å². The van der Waals surface area contributed by atoms with E-state index >= 15 is 0 Å². The van der Waals surface area contributed by atoms with Crippen molar-refractivity contribution in [1.29, 1.82) is 5.26 Å². The Kier molecular flexibility index (Phi) is 3.68. The van der Waals surface area contributed by atoms with E-state index in [9.17, 15) is 9.59 Å². The third kappa shape index (κ3) is 2.60. The standard InChI is InChI=1S/C15H10N4O2S/c16-7-10-5-6-22-14(10)18-13(20)8-19-9-17-12-4-2-1-3-11(12)15(19)21/h1-6,9H,8H2,(H,18,20). The first kappa shape index (κ1) is 14.0. The highest BCUT2D eigenvalue weighted by atomic mass is 32.1. The van der Waals surface area contributed by atoms with Gasteiger partial charge < -0.3 is 5.32 Å². The van der Waals surface area contributed by atoms with Gasteiger partial charge in [0.2, 0.25) is 5.91 Å². The molecule has 108 valence electrons. The first-order valence-corrected chi connectivity index (χ1v) is 7.28. The molecular weight excluding hydrogens is 300 g/mol. The number of fused-ring (bicyclic) bond motifs is 1. The Hall–Kier alpha value is -2.98. The van der Waals surface area contributed by atoms with Gasteiger partial charge in [-0.3, -0.25) is 14.2 Å². The molecule has 2 aromatic heterocycles. The van der Waals surface area contributed by atoms with Crippen LogP contribution in [-0.4, -0.2) is 15.5 Å². The van der Waals surface area contributed by atoms with Gasteiger partial charge in [-0.2, -0.15) is 5.26 Å². The molecule has 0 saturated heterocycles. The van der Waals surface area contributed by atoms with Gasteiger partial charge in [-0.1, -0.05) is 12.1 Å². The Bertz CT molecular complexity index is 952. The smallest absolute Gasteiger partial charge is 0.261 e. The molecule has 0 fully saturated rings. The van der Waals surface area contributed by atoms with Crippen LogP contribution in [0.1, 0.15) is 5.56 Å². The van der Waals surface area contributed by atoms with Crippen molar-refractivity contribution in [2.24, 2.45) is 0 Å². The number of carbonyl (C=O) groups is 1. The van der Waals surface area contributed by atoms with Gasteiger partial charge in [0, 0.05) is 0 Å². The molecule has 6 nitrogen and oxygen atoms in total. The van der Waals surface area contributed by atoms with Crippen LogP contribution in [0.4, 0.5) is 5.00 Å². The molecule has 2 heterocycles. The summed E-state index contributed by atoms with van der Waals surface area (Å²) in [5.74, 6) is -0.377. The van der Waals surface area contributed by atoms with Gasteiger partial charge in [-0.15, -0.1) is 11.3 Å². The summed E-state index contributed by atoms with van der Waals surface area (Å²) >= 11 is 1.26. The van der Waals surface area contributed by atoms with Crippen molar-refractivity contribution in [1.82, 2.24) is 9.55 Å². The van der Waals surface area contributed by atoms with Crippen LogP contribution in [0.2, 0.25) is 0 Å². The molecule has 0 aliphatic heterocycles. The van der Waals surface area contributed by atoms with Crippen molar-refractivity contribution in [2.75, 3.05) is 5.32 Å². The summed E-state index contributed by atoms with van der Waals surface area (Å²) in [4.78, 5) is 28.5. The molecule has 0 saturated carbocycles. The number of hydrogen-bond donors (Lipinski definition) is 1. The van der Waals surface area contributed by atoms with Crippen molar-refractivity contribution in [3.8, 4) is 6.07 Å². The lowest BCUT2D eigenvalue weighted by molar-refractivity contribution is -0.116. The maximum Gasteiger partial charge on any atom is 0.261 e. The van der Waals surface area contributed by atoms with Gasteiger partial charge in [0.05, 0.1) is 22.8 Å². The fourth-order valence-electron chi connectivity index (χ4n) is 2.03. The lowest BCUT2D eigenvalue weighted by Gasteiger charge is -2.07. The van der Waals surface area contributed by atoms with Crippen LogP contribution in [-0.2, 0) is 11.3 Å². The zero-order valence-corrected chi connectivity index (χ0v) is 12.1. The fraction of sp³-hybridized carbons (Fsp3) is 0.0667. The molecule has 0 unspecified atom stereocenters. The molecule has 7 heteroatoms. The maximum atomic E-state index is 12.3. The van der Waals surface area contributed by atoms with Gasteiger partial charge in [0.25, 0.3) is 5.56 Å². The highest BCUT2D eigenvalue weighted by molar-refractivity contribution is 7.14. The lowest BCUT2D eigenvalue weighted by Crippen LogP contribution is -2.27. The second kappa shape index (κ2) is 5.79. The zero-order chi connectivity index (χ0) is 15.5. The van der Waals surface area contributed by atoms with Crippen LogP contribution >= 0.6 is 11.3 Å². The van der Waals surface area contributed by atoms with Gasteiger partial charge in [0.15, 0.2) is 0 Å². The summed E-state index contributed by atoms with van der Waals surface area (Å²) in [6, 6.07) is 10.6. The normalized spacial score (nSPS) is 10.3. The van der Waals surface area contributed by atoms with Crippen molar-refractivity contribution in [2.45, 2.75) is 6.54 Å². The minimum atomic E-state index is -0.377. The van der Waals surface area contributed by atoms with E-state index < -0.39 is 0 Å². The van der Waals surface area contributed by atoms with Gasteiger partial charge >= 0.3 is 0 Å². The number of rotatable bonds is 3. The SMILES string of the molecule is N#Cc1ccsc1NC(=O)Cn1cnc2ccccc2c1=O. The highest BCUT2D eigenvalue weighted by Gasteiger charge is 2.11. The minimum Gasteiger partial charge on any atom is -0.315 e. The first-order valence-electron chi connectivity index (χ1n) is 6.40. The fourth-order valence-corrected chi connectivity index (χ4v) is 2.79. The Morgan fingerprint density at radius 3 is 3.00 bits per heavy atom. The zero-order valence-electron chi connectivity index (χ0n) is 11.3. The number of benzene rings is 1. The molecule has 1 N–H and O–H groups in total. The van der Waals surface area contributed by atoms with E-state index in [1.807, 2.05) is 6.07 Å². The average Bonchev–Trinajstić information content (AvgIpc) is 2.97. The number of hydrogen-bond acceptors (Lipinski definition) is 5. The van der Waals surface area contributed by atoms with Gasteiger partial charge in [0.1, 0.15) is 17.6 Å². The molecule has 3 rings (SSSR count). The molecular formula is C15H10N4O2S. The lowest BCUT2D eigenvalue weighted by atomic mass is 10.2. The topological polar surface area (TPSA) is 87.8 Å². The summed E-state index contributed by atoms with van der Waals surface area (Å²) in [7, 11) is 0. The van der Waals surface area contributed by atoms with E-state index in [-0.39, 0.29) is 18.0 Å². The number of nitrogens with one attached hydrogen (secondary N) is 1. The third-order valence-electron chi connectivity index (χ3n) is 3.08. The molecule has 0 radical (unpaired) electrons. The molecule has 0 bridgehead atoms. The molecule has 0 atom stereocenters. The number of anilines is 1. The van der Waals surface area contributed by atoms with Crippen molar-refractivity contribution in [3.05, 3.63) is 58.0 Å². The third-order valence-corrected chi connectivity index (χ3v) is 3.91. The van der Waals surface area contributed by atoms with Crippen molar-refractivity contribution in [3.63, 3.8) is 0 Å². The summed E-state index contributed by atoms with van der Waals surface area (Å²) in [6.45, 7) is -0.153. The van der Waals surface area contributed by atoms with E-state index in [1.165, 1.54) is 22.2 Å². The molecule has 3 aromatic rings. The number of nitriles is 1. The number of amides is 1. The van der Waals surface area contributed by atoms with Crippen LogP contribution in [0.15, 0.2) is 46.8 Å². The summed E-state index contributed by atoms with van der Waals surface area (Å²) in [5.41, 5.74) is 0.726. The van der Waals surface area contributed by atoms with Crippen LogP contribution in [0, 0.1) is 11.3 Å². The van der Waals surface area contributed by atoms with E-state index in [1.54, 1.807) is 35.7 Å².